The second-order valence-corrected chi connectivity index (χ2v) is 10.1. The van der Waals surface area contributed by atoms with Gasteiger partial charge in [-0.1, -0.05) is 35.3 Å². The Morgan fingerprint density at radius 1 is 1.12 bits per heavy atom. The van der Waals surface area contributed by atoms with E-state index < -0.39 is 29.2 Å². The number of rotatable bonds is 12. The normalized spacial score (nSPS) is 18.1. The third kappa shape index (κ3) is 6.81. The van der Waals surface area contributed by atoms with E-state index in [1.165, 1.54) is 12.1 Å². The molecule has 40 heavy (non-hydrogen) atoms. The van der Waals surface area contributed by atoms with Crippen LogP contribution in [-0.2, 0) is 16.0 Å². The van der Waals surface area contributed by atoms with Crippen LogP contribution in [0.5, 0.6) is 5.75 Å². The molecular formula is C30H28Cl2F2N2O4. The fourth-order valence-corrected chi connectivity index (χ4v) is 4.96. The molecule has 2 atom stereocenters. The van der Waals surface area contributed by atoms with Gasteiger partial charge in [0.05, 0.1) is 6.61 Å². The summed E-state index contributed by atoms with van der Waals surface area (Å²) in [5.41, 5.74) is 0.0514. The SMILES string of the molecule is C=CC[C@@]1(C(=O)NCCc2cc(F)cc(F)c2)N=C(c2ccc(OCCCO)cc2)O[C@@H]1c1ccc(Cl)cc1Cl. The molecule has 0 bridgehead atoms. The van der Waals surface area contributed by atoms with Crippen LogP contribution in [0, 0.1) is 11.6 Å². The van der Waals surface area contributed by atoms with Crippen LogP contribution < -0.4 is 10.1 Å². The lowest BCUT2D eigenvalue weighted by molar-refractivity contribution is -0.128. The highest BCUT2D eigenvalue weighted by Crippen LogP contribution is 2.45. The van der Waals surface area contributed by atoms with Crippen LogP contribution in [-0.4, -0.2) is 42.2 Å². The number of nitrogens with one attached hydrogen (secondary N) is 1. The number of halogens is 4. The number of amides is 1. The predicted octanol–water partition coefficient (Wildman–Crippen LogP) is 6.22. The second kappa shape index (κ2) is 13.3. The first-order valence-corrected chi connectivity index (χ1v) is 13.4. The Morgan fingerprint density at radius 3 is 2.50 bits per heavy atom. The molecule has 3 aromatic rings. The van der Waals surface area contributed by atoms with E-state index in [0.29, 0.717) is 45.5 Å². The van der Waals surface area contributed by atoms with Crippen LogP contribution in [0.1, 0.15) is 35.6 Å². The zero-order chi connectivity index (χ0) is 28.7. The average molecular weight is 589 g/mol. The minimum atomic E-state index is -1.47. The molecule has 0 radical (unpaired) electrons. The van der Waals surface area contributed by atoms with Gasteiger partial charge in [-0.2, -0.15) is 0 Å². The first-order valence-electron chi connectivity index (χ1n) is 12.7. The van der Waals surface area contributed by atoms with E-state index >= 15 is 0 Å². The minimum absolute atomic E-state index is 0.0317. The molecule has 10 heteroatoms. The maximum atomic E-state index is 13.8. The molecular weight excluding hydrogens is 561 g/mol. The summed E-state index contributed by atoms with van der Waals surface area (Å²) in [6, 6.07) is 15.1. The van der Waals surface area contributed by atoms with Gasteiger partial charge in [-0.25, -0.2) is 13.8 Å². The lowest BCUT2D eigenvalue weighted by Crippen LogP contribution is -2.48. The Balaban J connectivity index is 1.64. The first-order chi connectivity index (χ1) is 19.3. The van der Waals surface area contributed by atoms with Crippen molar-refractivity contribution in [2.75, 3.05) is 19.8 Å². The van der Waals surface area contributed by atoms with Gasteiger partial charge in [-0.3, -0.25) is 4.79 Å². The van der Waals surface area contributed by atoms with Crippen LogP contribution in [0.3, 0.4) is 0 Å². The lowest BCUT2D eigenvalue weighted by atomic mass is 9.84. The van der Waals surface area contributed by atoms with Crippen molar-refractivity contribution in [3.05, 3.63) is 112 Å². The molecule has 0 saturated heterocycles. The van der Waals surface area contributed by atoms with Crippen molar-refractivity contribution in [2.45, 2.75) is 30.9 Å². The molecule has 0 saturated carbocycles. The summed E-state index contributed by atoms with van der Waals surface area (Å²) in [5, 5.41) is 12.5. The van der Waals surface area contributed by atoms with Crippen LogP contribution in [0.4, 0.5) is 8.78 Å². The van der Waals surface area contributed by atoms with E-state index in [1.54, 1.807) is 48.5 Å². The van der Waals surface area contributed by atoms with Gasteiger partial charge in [-0.05, 0) is 60.5 Å². The van der Waals surface area contributed by atoms with Gasteiger partial charge in [0.1, 0.15) is 17.4 Å². The molecule has 2 N–H and O–H groups in total. The lowest BCUT2D eigenvalue weighted by Gasteiger charge is -2.30. The van der Waals surface area contributed by atoms with Gasteiger partial charge >= 0.3 is 0 Å². The quantitative estimate of drug-likeness (QED) is 0.194. The molecule has 0 fully saturated rings. The maximum absolute atomic E-state index is 13.8. The highest BCUT2D eigenvalue weighted by molar-refractivity contribution is 6.35. The minimum Gasteiger partial charge on any atom is -0.494 e. The number of carbonyl (C=O) groups excluding carboxylic acids is 1. The summed E-state index contributed by atoms with van der Waals surface area (Å²) in [4.78, 5) is 18.6. The molecule has 4 rings (SSSR count). The maximum Gasteiger partial charge on any atom is 0.252 e. The van der Waals surface area contributed by atoms with Crippen LogP contribution >= 0.6 is 23.2 Å². The van der Waals surface area contributed by atoms with E-state index in [-0.39, 0.29) is 31.9 Å². The van der Waals surface area contributed by atoms with E-state index in [9.17, 15) is 13.6 Å². The van der Waals surface area contributed by atoms with Crippen molar-refractivity contribution < 1.29 is 28.2 Å². The van der Waals surface area contributed by atoms with Crippen molar-refractivity contribution in [1.82, 2.24) is 5.32 Å². The molecule has 0 unspecified atom stereocenters. The third-order valence-corrected chi connectivity index (χ3v) is 6.91. The van der Waals surface area contributed by atoms with Crippen LogP contribution in [0.2, 0.25) is 10.0 Å². The van der Waals surface area contributed by atoms with Crippen molar-refractivity contribution in [3.8, 4) is 5.75 Å². The van der Waals surface area contributed by atoms with Crippen molar-refractivity contribution in [1.29, 1.82) is 0 Å². The molecule has 0 aliphatic carbocycles. The van der Waals surface area contributed by atoms with E-state index in [1.807, 2.05) is 0 Å². The molecule has 1 amide bonds. The zero-order valence-electron chi connectivity index (χ0n) is 21.5. The van der Waals surface area contributed by atoms with Gasteiger partial charge in [0.25, 0.3) is 5.91 Å². The number of nitrogens with zero attached hydrogens (tertiary/aromatic N) is 1. The largest absolute Gasteiger partial charge is 0.494 e. The average Bonchev–Trinajstić information content (AvgIpc) is 3.29. The van der Waals surface area contributed by atoms with E-state index in [0.717, 1.165) is 6.07 Å². The number of ether oxygens (including phenoxy) is 2. The number of benzene rings is 3. The van der Waals surface area contributed by atoms with Gasteiger partial charge in [0.15, 0.2) is 11.6 Å². The Morgan fingerprint density at radius 2 is 1.85 bits per heavy atom. The van der Waals surface area contributed by atoms with Crippen molar-refractivity contribution in [2.24, 2.45) is 4.99 Å². The number of aliphatic imine (C=N–C) groups is 1. The Kier molecular flexibility index (Phi) is 9.79. The topological polar surface area (TPSA) is 80.2 Å². The molecule has 1 aliphatic rings. The van der Waals surface area contributed by atoms with Crippen LogP contribution in [0.25, 0.3) is 0 Å². The Hall–Kier alpha value is -3.46. The molecule has 0 spiro atoms. The van der Waals surface area contributed by atoms with Crippen LogP contribution in [0.15, 0.2) is 78.3 Å². The first kappa shape index (κ1) is 29.5. The van der Waals surface area contributed by atoms with Gasteiger partial charge in [-0.15, -0.1) is 6.58 Å². The Bertz CT molecular complexity index is 1380. The number of aliphatic hydroxyl groups excluding tert-OH is 1. The zero-order valence-corrected chi connectivity index (χ0v) is 23.0. The highest BCUT2D eigenvalue weighted by atomic mass is 35.5. The molecule has 1 heterocycles. The summed E-state index contributed by atoms with van der Waals surface area (Å²) >= 11 is 12.7. The number of hydrogen-bond acceptors (Lipinski definition) is 5. The van der Waals surface area contributed by atoms with Gasteiger partial charge in [0.2, 0.25) is 5.90 Å². The van der Waals surface area contributed by atoms with Crippen molar-refractivity contribution in [3.63, 3.8) is 0 Å². The number of aliphatic hydroxyl groups is 1. The molecule has 3 aromatic carbocycles. The molecule has 0 aromatic heterocycles. The van der Waals surface area contributed by atoms with Crippen molar-refractivity contribution >= 4 is 35.0 Å². The third-order valence-electron chi connectivity index (χ3n) is 6.35. The summed E-state index contributed by atoms with van der Waals surface area (Å²) in [6.07, 6.45) is 1.48. The van der Waals surface area contributed by atoms with Gasteiger partial charge in [0, 0.05) is 53.2 Å². The number of hydrogen-bond donors (Lipinski definition) is 2. The summed E-state index contributed by atoms with van der Waals surface area (Å²) in [5.74, 6) is -1.01. The molecule has 210 valence electrons. The van der Waals surface area contributed by atoms with E-state index in [4.69, 9.17) is 42.8 Å². The fraction of sp³-hybridized carbons (Fsp3) is 0.267. The smallest absolute Gasteiger partial charge is 0.252 e. The molecule has 1 aliphatic heterocycles. The monoisotopic (exact) mass is 588 g/mol. The summed E-state index contributed by atoms with van der Waals surface area (Å²) in [7, 11) is 0. The van der Waals surface area contributed by atoms with Gasteiger partial charge < -0.3 is 19.9 Å². The molecule has 6 nitrogen and oxygen atoms in total. The highest BCUT2D eigenvalue weighted by Gasteiger charge is 2.53. The summed E-state index contributed by atoms with van der Waals surface area (Å²) < 4.78 is 39.2. The summed E-state index contributed by atoms with van der Waals surface area (Å²) in [6.45, 7) is 4.34. The Labute approximate surface area is 241 Å². The van der Waals surface area contributed by atoms with E-state index in [2.05, 4.69) is 11.9 Å². The second-order valence-electron chi connectivity index (χ2n) is 9.23. The fourth-order valence-electron chi connectivity index (χ4n) is 4.46. The number of carbonyl (C=O) groups is 1. The standard InChI is InChI=1S/C30H28Cl2F2N2O4/c1-2-11-30(29(38)35-12-10-19-15-22(33)18-23(34)16-19)27(25-9-6-21(31)17-26(25)32)40-28(36-30)20-4-7-24(8-5-20)39-14-3-13-37/h2,4-9,15-18,27,37H,1,3,10-14H2,(H,35,38)/t27-,30-/m1/s1. The predicted molar refractivity (Wildman–Crippen MR) is 151 cm³/mol.